The van der Waals surface area contributed by atoms with Gasteiger partial charge in [-0.15, -0.1) is 0 Å². The minimum atomic E-state index is 0.924. The summed E-state index contributed by atoms with van der Waals surface area (Å²) in [6.45, 7) is 7.14. The molecule has 16 heavy (non-hydrogen) atoms. The molecule has 0 nitrogen and oxygen atoms in total. The largest absolute Gasteiger partial charge is 0.0654 e. The quantitative estimate of drug-likeness (QED) is 0.411. The Bertz CT molecular complexity index is 153. The summed E-state index contributed by atoms with van der Waals surface area (Å²) in [5, 5.41) is 0. The van der Waals surface area contributed by atoms with Crippen molar-refractivity contribution in [3.63, 3.8) is 0 Å². The van der Waals surface area contributed by atoms with E-state index in [1.807, 2.05) is 0 Å². The maximum Gasteiger partial charge on any atom is -0.0363 e. The van der Waals surface area contributed by atoms with Gasteiger partial charge in [-0.05, 0) is 37.0 Å². The molecule has 0 radical (unpaired) electrons. The van der Waals surface area contributed by atoms with E-state index in [0.29, 0.717) is 0 Å². The Hall–Kier alpha value is 0. The van der Waals surface area contributed by atoms with E-state index in [1.54, 1.807) is 0 Å². The van der Waals surface area contributed by atoms with Crippen LogP contribution >= 0.6 is 0 Å². The minimum absolute atomic E-state index is 0.924. The number of hydrogen-bond acceptors (Lipinski definition) is 0. The van der Waals surface area contributed by atoms with Gasteiger partial charge in [0.15, 0.2) is 0 Å². The molecule has 0 saturated heterocycles. The van der Waals surface area contributed by atoms with Gasteiger partial charge in [-0.1, -0.05) is 65.7 Å². The van der Waals surface area contributed by atoms with Gasteiger partial charge in [0.2, 0.25) is 0 Å². The molecular weight excluding hydrogens is 192 g/mol. The summed E-state index contributed by atoms with van der Waals surface area (Å²) in [6.07, 6.45) is 14.8. The van der Waals surface area contributed by atoms with Crippen LogP contribution in [-0.4, -0.2) is 0 Å². The average Bonchev–Trinajstić information content (AvgIpc) is 3.05. The highest BCUT2D eigenvalue weighted by Crippen LogP contribution is 2.42. The monoisotopic (exact) mass is 224 g/mol. The summed E-state index contributed by atoms with van der Waals surface area (Å²) in [4.78, 5) is 0. The van der Waals surface area contributed by atoms with Crippen LogP contribution in [0.3, 0.4) is 0 Å². The Labute approximate surface area is 103 Å². The lowest BCUT2D eigenvalue weighted by molar-refractivity contribution is 0.306. The van der Waals surface area contributed by atoms with Crippen molar-refractivity contribution < 1.29 is 0 Å². The third-order valence-electron chi connectivity index (χ3n) is 4.22. The van der Waals surface area contributed by atoms with Crippen molar-refractivity contribution in [2.24, 2.45) is 17.8 Å². The topological polar surface area (TPSA) is 0 Å². The molecule has 1 rings (SSSR count). The minimum Gasteiger partial charge on any atom is -0.0654 e. The standard InChI is InChI=1S/C16H32/c1-4-5-6-7-8-9-10-11-16(14(2)3)15-12-13-15/h14-16H,4-13H2,1-3H3. The molecular formula is C16H32. The zero-order valence-corrected chi connectivity index (χ0v) is 11.8. The molecule has 1 saturated carbocycles. The Morgan fingerprint density at radius 2 is 1.44 bits per heavy atom. The van der Waals surface area contributed by atoms with Gasteiger partial charge in [-0.3, -0.25) is 0 Å². The molecule has 0 bridgehead atoms. The van der Waals surface area contributed by atoms with E-state index in [4.69, 9.17) is 0 Å². The van der Waals surface area contributed by atoms with Gasteiger partial charge >= 0.3 is 0 Å². The maximum atomic E-state index is 2.42. The van der Waals surface area contributed by atoms with Gasteiger partial charge < -0.3 is 0 Å². The average molecular weight is 224 g/mol. The molecule has 0 aromatic heterocycles. The Morgan fingerprint density at radius 3 is 1.94 bits per heavy atom. The van der Waals surface area contributed by atoms with Crippen molar-refractivity contribution in [2.75, 3.05) is 0 Å². The second-order valence-corrected chi connectivity index (χ2v) is 6.16. The van der Waals surface area contributed by atoms with Gasteiger partial charge in [0.25, 0.3) is 0 Å². The van der Waals surface area contributed by atoms with Crippen molar-refractivity contribution in [2.45, 2.75) is 85.0 Å². The van der Waals surface area contributed by atoms with E-state index in [2.05, 4.69) is 20.8 Å². The van der Waals surface area contributed by atoms with E-state index in [0.717, 1.165) is 17.8 Å². The van der Waals surface area contributed by atoms with E-state index in [-0.39, 0.29) is 0 Å². The molecule has 1 atom stereocenters. The highest BCUT2D eigenvalue weighted by atomic mass is 14.4. The molecule has 0 heteroatoms. The third-order valence-corrected chi connectivity index (χ3v) is 4.22. The van der Waals surface area contributed by atoms with Gasteiger partial charge in [-0.25, -0.2) is 0 Å². The second kappa shape index (κ2) is 8.14. The van der Waals surface area contributed by atoms with Crippen molar-refractivity contribution >= 4 is 0 Å². The first-order valence-corrected chi connectivity index (χ1v) is 7.75. The molecule has 1 fully saturated rings. The van der Waals surface area contributed by atoms with Crippen LogP contribution in [0.15, 0.2) is 0 Å². The van der Waals surface area contributed by atoms with Crippen LogP contribution in [0.2, 0.25) is 0 Å². The summed E-state index contributed by atoms with van der Waals surface area (Å²) in [7, 11) is 0. The first-order valence-electron chi connectivity index (χ1n) is 7.75. The molecule has 0 aromatic carbocycles. The van der Waals surface area contributed by atoms with Crippen LogP contribution < -0.4 is 0 Å². The highest BCUT2D eigenvalue weighted by Gasteiger charge is 2.32. The molecule has 1 aliphatic rings. The highest BCUT2D eigenvalue weighted by molar-refractivity contribution is 4.82. The van der Waals surface area contributed by atoms with Crippen LogP contribution in [0.5, 0.6) is 0 Å². The second-order valence-electron chi connectivity index (χ2n) is 6.16. The molecule has 1 aliphatic carbocycles. The predicted octanol–water partition coefficient (Wildman–Crippen LogP) is 5.81. The molecule has 0 N–H and O–H groups in total. The van der Waals surface area contributed by atoms with Crippen LogP contribution in [0.1, 0.15) is 85.0 Å². The Kier molecular flexibility index (Phi) is 7.16. The fourth-order valence-electron chi connectivity index (χ4n) is 2.97. The van der Waals surface area contributed by atoms with Crippen molar-refractivity contribution in [1.29, 1.82) is 0 Å². The predicted molar refractivity (Wildman–Crippen MR) is 73.7 cm³/mol. The molecule has 96 valence electrons. The molecule has 0 heterocycles. The lowest BCUT2D eigenvalue weighted by atomic mass is 9.86. The smallest absolute Gasteiger partial charge is 0.0363 e. The van der Waals surface area contributed by atoms with Crippen LogP contribution in [0.4, 0.5) is 0 Å². The zero-order valence-electron chi connectivity index (χ0n) is 11.8. The van der Waals surface area contributed by atoms with E-state index < -0.39 is 0 Å². The summed E-state index contributed by atoms with van der Waals surface area (Å²) in [5.74, 6) is 3.09. The van der Waals surface area contributed by atoms with Gasteiger partial charge in [0.1, 0.15) is 0 Å². The molecule has 0 aromatic rings. The third kappa shape index (κ3) is 5.92. The summed E-state index contributed by atoms with van der Waals surface area (Å²) < 4.78 is 0. The van der Waals surface area contributed by atoms with Crippen molar-refractivity contribution in [3.05, 3.63) is 0 Å². The lowest BCUT2D eigenvalue weighted by Gasteiger charge is -2.20. The Morgan fingerprint density at radius 1 is 0.875 bits per heavy atom. The van der Waals surface area contributed by atoms with E-state index in [1.165, 1.54) is 64.2 Å². The molecule has 0 aliphatic heterocycles. The SMILES string of the molecule is CCCCCCCCCC(C(C)C)C1CC1. The maximum absolute atomic E-state index is 2.42. The van der Waals surface area contributed by atoms with E-state index >= 15 is 0 Å². The van der Waals surface area contributed by atoms with Crippen molar-refractivity contribution in [1.82, 2.24) is 0 Å². The molecule has 1 unspecified atom stereocenters. The fourth-order valence-corrected chi connectivity index (χ4v) is 2.97. The lowest BCUT2D eigenvalue weighted by Crippen LogP contribution is -2.10. The Balaban J connectivity index is 1.92. The fraction of sp³-hybridized carbons (Fsp3) is 1.00. The summed E-state index contributed by atoms with van der Waals surface area (Å²) in [5.41, 5.74) is 0. The summed E-state index contributed by atoms with van der Waals surface area (Å²) in [6, 6.07) is 0. The zero-order chi connectivity index (χ0) is 11.8. The normalized spacial score (nSPS) is 18.0. The van der Waals surface area contributed by atoms with Crippen LogP contribution in [-0.2, 0) is 0 Å². The van der Waals surface area contributed by atoms with Gasteiger partial charge in [0, 0.05) is 0 Å². The first kappa shape index (κ1) is 14.1. The van der Waals surface area contributed by atoms with Gasteiger partial charge in [0.05, 0.1) is 0 Å². The van der Waals surface area contributed by atoms with E-state index in [9.17, 15) is 0 Å². The van der Waals surface area contributed by atoms with Gasteiger partial charge in [-0.2, -0.15) is 0 Å². The molecule has 0 amide bonds. The number of unbranched alkanes of at least 4 members (excludes halogenated alkanes) is 6. The van der Waals surface area contributed by atoms with Crippen LogP contribution in [0.25, 0.3) is 0 Å². The first-order chi connectivity index (χ1) is 7.75. The number of rotatable bonds is 10. The summed E-state index contributed by atoms with van der Waals surface area (Å²) >= 11 is 0. The van der Waals surface area contributed by atoms with Crippen molar-refractivity contribution in [3.8, 4) is 0 Å². The molecule has 0 spiro atoms. The number of hydrogen-bond donors (Lipinski definition) is 0. The van der Waals surface area contributed by atoms with Crippen LogP contribution in [0, 0.1) is 17.8 Å².